The average molecular weight is 394 g/mol. The summed E-state index contributed by atoms with van der Waals surface area (Å²) in [5.74, 6) is 0.474. The summed E-state index contributed by atoms with van der Waals surface area (Å²) in [5, 5.41) is 2.90. The first-order valence-electron chi connectivity index (χ1n) is 7.46. The van der Waals surface area contributed by atoms with E-state index in [2.05, 4.69) is 26.2 Å². The molecular weight excluding hydrogens is 375 g/mol. The van der Waals surface area contributed by atoms with Crippen LogP contribution < -0.4 is 10.2 Å². The van der Waals surface area contributed by atoms with E-state index >= 15 is 0 Å². The first-order valence-corrected chi connectivity index (χ1v) is 8.26. The zero-order valence-corrected chi connectivity index (χ0v) is 14.5. The Morgan fingerprint density at radius 3 is 2.48 bits per heavy atom. The van der Waals surface area contributed by atoms with Crippen molar-refractivity contribution in [2.24, 2.45) is 5.92 Å². The number of pyridine rings is 1. The third kappa shape index (κ3) is 4.59. The van der Waals surface area contributed by atoms with Crippen molar-refractivity contribution in [1.82, 2.24) is 10.3 Å². The Hall–Kier alpha value is -1.31. The van der Waals surface area contributed by atoms with Crippen molar-refractivity contribution in [3.8, 4) is 0 Å². The maximum absolute atomic E-state index is 12.7. The molecule has 0 spiro atoms. The van der Waals surface area contributed by atoms with Crippen molar-refractivity contribution >= 4 is 27.7 Å². The number of nitrogens with one attached hydrogen (secondary N) is 1. The molecule has 0 bridgehead atoms. The van der Waals surface area contributed by atoms with Crippen molar-refractivity contribution in [3.63, 3.8) is 0 Å². The molecule has 128 valence electrons. The Bertz CT molecular complexity index is 570. The maximum Gasteiger partial charge on any atom is 0.417 e. The number of anilines is 1. The zero-order valence-electron chi connectivity index (χ0n) is 13.0. The van der Waals surface area contributed by atoms with Gasteiger partial charge in [-0.2, -0.15) is 13.2 Å². The van der Waals surface area contributed by atoms with E-state index in [1.54, 1.807) is 0 Å². The third-order valence-electron chi connectivity index (χ3n) is 3.75. The number of piperidine rings is 1. The van der Waals surface area contributed by atoms with Crippen molar-refractivity contribution < 1.29 is 18.0 Å². The standard InChI is InChI=1S/C15H19BrF3N3O/c1-9(2)21-14(23)10-3-5-22(6-4-10)13-12(16)7-11(8-20-13)15(17,18)19/h7-10H,3-6H2,1-2H3,(H,21,23). The monoisotopic (exact) mass is 393 g/mol. The molecule has 0 unspecified atom stereocenters. The van der Waals surface area contributed by atoms with Gasteiger partial charge in [0.2, 0.25) is 5.91 Å². The Morgan fingerprint density at radius 1 is 1.39 bits per heavy atom. The summed E-state index contributed by atoms with van der Waals surface area (Å²) in [7, 11) is 0. The lowest BCUT2D eigenvalue weighted by atomic mass is 9.95. The second kappa shape index (κ2) is 7.07. The molecule has 1 aliphatic heterocycles. The average Bonchev–Trinajstić information content (AvgIpc) is 2.45. The fraction of sp³-hybridized carbons (Fsp3) is 0.600. The summed E-state index contributed by atoms with van der Waals surface area (Å²) < 4.78 is 38.3. The molecule has 2 heterocycles. The molecule has 0 aliphatic carbocycles. The van der Waals surface area contributed by atoms with Crippen LogP contribution in [0.15, 0.2) is 16.7 Å². The van der Waals surface area contributed by atoms with Crippen LogP contribution in [0.2, 0.25) is 0 Å². The SMILES string of the molecule is CC(C)NC(=O)C1CCN(c2ncc(C(F)(F)F)cc2Br)CC1. The van der Waals surface area contributed by atoms with E-state index in [1.807, 2.05) is 18.7 Å². The Kier molecular flexibility index (Phi) is 5.54. The first kappa shape index (κ1) is 18.0. The van der Waals surface area contributed by atoms with E-state index in [0.29, 0.717) is 36.2 Å². The molecule has 1 aliphatic rings. The number of rotatable bonds is 3. The molecule has 1 N–H and O–H groups in total. The molecule has 1 amide bonds. The molecule has 0 atom stereocenters. The number of hydrogen-bond donors (Lipinski definition) is 1. The van der Waals surface area contributed by atoms with Crippen LogP contribution in [0, 0.1) is 5.92 Å². The van der Waals surface area contributed by atoms with Crippen LogP contribution in [-0.2, 0) is 11.0 Å². The smallest absolute Gasteiger partial charge is 0.356 e. The molecule has 2 rings (SSSR count). The van der Waals surface area contributed by atoms with Gasteiger partial charge >= 0.3 is 6.18 Å². The molecular formula is C15H19BrF3N3O. The molecule has 23 heavy (non-hydrogen) atoms. The van der Waals surface area contributed by atoms with Gasteiger partial charge in [0.25, 0.3) is 0 Å². The molecule has 0 radical (unpaired) electrons. The molecule has 4 nitrogen and oxygen atoms in total. The van der Waals surface area contributed by atoms with E-state index in [1.165, 1.54) is 0 Å². The second-order valence-electron chi connectivity index (χ2n) is 5.95. The molecule has 1 aromatic heterocycles. The summed E-state index contributed by atoms with van der Waals surface area (Å²) in [6.45, 7) is 5.01. The van der Waals surface area contributed by atoms with Crippen LogP contribution in [0.1, 0.15) is 32.3 Å². The van der Waals surface area contributed by atoms with Crippen molar-refractivity contribution in [2.75, 3.05) is 18.0 Å². The van der Waals surface area contributed by atoms with E-state index < -0.39 is 11.7 Å². The fourth-order valence-electron chi connectivity index (χ4n) is 2.57. The van der Waals surface area contributed by atoms with Crippen molar-refractivity contribution in [1.29, 1.82) is 0 Å². The van der Waals surface area contributed by atoms with Gasteiger partial charge in [-0.15, -0.1) is 0 Å². The minimum absolute atomic E-state index is 0.0408. The van der Waals surface area contributed by atoms with E-state index in [-0.39, 0.29) is 17.9 Å². The highest BCUT2D eigenvalue weighted by Gasteiger charge is 2.32. The highest BCUT2D eigenvalue weighted by Crippen LogP contribution is 2.34. The number of alkyl halides is 3. The predicted octanol–water partition coefficient (Wildman–Crippen LogP) is 3.60. The van der Waals surface area contributed by atoms with Gasteiger partial charge in [-0.25, -0.2) is 4.98 Å². The molecule has 0 aromatic carbocycles. The number of carbonyl (C=O) groups excluding carboxylic acids is 1. The molecule has 0 saturated carbocycles. The number of hydrogen-bond acceptors (Lipinski definition) is 3. The number of aromatic nitrogens is 1. The quantitative estimate of drug-likeness (QED) is 0.852. The van der Waals surface area contributed by atoms with Gasteiger partial charge < -0.3 is 10.2 Å². The van der Waals surface area contributed by atoms with E-state index in [9.17, 15) is 18.0 Å². The van der Waals surface area contributed by atoms with Gasteiger partial charge in [0, 0.05) is 31.2 Å². The Labute approximate surface area is 141 Å². The van der Waals surface area contributed by atoms with Gasteiger partial charge in [-0.3, -0.25) is 4.79 Å². The van der Waals surface area contributed by atoms with Crippen LogP contribution in [0.25, 0.3) is 0 Å². The summed E-state index contributed by atoms with van der Waals surface area (Å²) in [6.07, 6.45) is -2.24. The molecule has 1 aromatic rings. The molecule has 8 heteroatoms. The van der Waals surface area contributed by atoms with Crippen LogP contribution >= 0.6 is 15.9 Å². The highest BCUT2D eigenvalue weighted by atomic mass is 79.9. The minimum atomic E-state index is -4.41. The van der Waals surface area contributed by atoms with Gasteiger partial charge in [0.05, 0.1) is 10.0 Å². The van der Waals surface area contributed by atoms with Crippen LogP contribution in [0.5, 0.6) is 0 Å². The number of carbonyl (C=O) groups is 1. The summed E-state index contributed by atoms with van der Waals surface area (Å²) in [4.78, 5) is 17.8. The molecule has 1 fully saturated rings. The highest BCUT2D eigenvalue weighted by molar-refractivity contribution is 9.10. The summed E-state index contributed by atoms with van der Waals surface area (Å²) in [5.41, 5.74) is -0.778. The van der Waals surface area contributed by atoms with E-state index in [4.69, 9.17) is 0 Å². The van der Waals surface area contributed by atoms with Crippen molar-refractivity contribution in [2.45, 2.75) is 38.9 Å². The summed E-state index contributed by atoms with van der Waals surface area (Å²) in [6, 6.07) is 1.14. The Morgan fingerprint density at radius 2 is 2.00 bits per heavy atom. The Balaban J connectivity index is 2.02. The predicted molar refractivity (Wildman–Crippen MR) is 85.2 cm³/mol. The number of amides is 1. The van der Waals surface area contributed by atoms with Gasteiger partial charge in [-0.05, 0) is 48.7 Å². The van der Waals surface area contributed by atoms with Crippen LogP contribution in [0.3, 0.4) is 0 Å². The topological polar surface area (TPSA) is 45.2 Å². The largest absolute Gasteiger partial charge is 0.417 e. The lowest BCUT2D eigenvalue weighted by Gasteiger charge is -2.33. The van der Waals surface area contributed by atoms with Crippen LogP contribution in [-0.4, -0.2) is 30.0 Å². The van der Waals surface area contributed by atoms with Gasteiger partial charge in [0.15, 0.2) is 0 Å². The first-order chi connectivity index (χ1) is 10.7. The minimum Gasteiger partial charge on any atom is -0.356 e. The summed E-state index contributed by atoms with van der Waals surface area (Å²) >= 11 is 3.17. The number of halogens is 4. The van der Waals surface area contributed by atoms with Crippen molar-refractivity contribution in [3.05, 3.63) is 22.3 Å². The maximum atomic E-state index is 12.7. The van der Waals surface area contributed by atoms with Gasteiger partial charge in [0.1, 0.15) is 5.82 Å². The number of nitrogens with zero attached hydrogens (tertiary/aromatic N) is 2. The second-order valence-corrected chi connectivity index (χ2v) is 6.81. The van der Waals surface area contributed by atoms with Crippen LogP contribution in [0.4, 0.5) is 19.0 Å². The normalized spacial score (nSPS) is 16.7. The fourth-order valence-corrected chi connectivity index (χ4v) is 3.17. The molecule has 1 saturated heterocycles. The van der Waals surface area contributed by atoms with Gasteiger partial charge in [-0.1, -0.05) is 0 Å². The lowest BCUT2D eigenvalue weighted by molar-refractivity contribution is -0.137. The third-order valence-corrected chi connectivity index (χ3v) is 4.33. The lowest BCUT2D eigenvalue weighted by Crippen LogP contribution is -2.42. The zero-order chi connectivity index (χ0) is 17.2. The van der Waals surface area contributed by atoms with E-state index in [0.717, 1.165) is 12.3 Å².